The molecule has 0 radical (unpaired) electrons. The minimum Gasteiger partial charge on any atom is -0.350 e. The van der Waals surface area contributed by atoms with Crippen molar-refractivity contribution in [3.8, 4) is 0 Å². The highest BCUT2D eigenvalue weighted by Crippen LogP contribution is 2.24. The van der Waals surface area contributed by atoms with Crippen LogP contribution in [-0.4, -0.2) is 66.9 Å². The van der Waals surface area contributed by atoms with Gasteiger partial charge in [0.2, 0.25) is 5.91 Å². The Hall–Kier alpha value is -2.90. The van der Waals surface area contributed by atoms with Gasteiger partial charge in [-0.2, -0.15) is 0 Å². The van der Waals surface area contributed by atoms with Crippen LogP contribution in [0.1, 0.15) is 53.6 Å². The van der Waals surface area contributed by atoms with E-state index in [1.807, 2.05) is 29.2 Å². The second-order valence-electron chi connectivity index (χ2n) is 10.9. The second kappa shape index (κ2) is 15.4. The molecule has 3 aromatic carbocycles. The lowest BCUT2D eigenvalue weighted by molar-refractivity contribution is -0.133. The molecule has 2 amide bonds. The SMILES string of the molecule is CCC(CN1CC[C@@H](CNC(=O)c2ccc(Cl)c(Cl)c2)N[C@@H](CCN(C)Cc2ccccc2)C1=O)c1ccccc1. The molecular formula is C33H40Cl2N4O2. The Morgan fingerprint density at radius 1 is 1.05 bits per heavy atom. The molecular weight excluding hydrogens is 555 g/mol. The molecule has 6 nitrogen and oxygen atoms in total. The highest BCUT2D eigenvalue weighted by atomic mass is 35.5. The zero-order chi connectivity index (χ0) is 29.2. The fourth-order valence-corrected chi connectivity index (χ4v) is 5.67. The number of hydrogen-bond donors (Lipinski definition) is 2. The summed E-state index contributed by atoms with van der Waals surface area (Å²) in [4.78, 5) is 31.0. The summed E-state index contributed by atoms with van der Waals surface area (Å²) in [5.74, 6) is 0.185. The molecule has 41 heavy (non-hydrogen) atoms. The molecule has 0 spiro atoms. The Balaban J connectivity index is 1.44. The average molecular weight is 596 g/mol. The standard InChI is InChI=1S/C33H40Cl2N4O2/c1-3-25(26-12-8-5-9-13-26)23-39-19-16-28(21-36-32(40)27-14-15-29(34)30(35)20-27)37-31(33(39)41)17-18-38(2)22-24-10-6-4-7-11-24/h4-15,20,25,28,31,37H,3,16-19,21-23H2,1-2H3,(H,36,40)/t25?,28-,31-/m0/s1. The summed E-state index contributed by atoms with van der Waals surface area (Å²) in [6.07, 6.45) is 2.38. The van der Waals surface area contributed by atoms with E-state index in [1.54, 1.807) is 18.2 Å². The van der Waals surface area contributed by atoms with Gasteiger partial charge in [-0.3, -0.25) is 9.59 Å². The van der Waals surface area contributed by atoms with Gasteiger partial charge >= 0.3 is 0 Å². The van der Waals surface area contributed by atoms with Crippen molar-refractivity contribution in [2.45, 2.75) is 50.7 Å². The van der Waals surface area contributed by atoms with Crippen molar-refractivity contribution in [3.05, 3.63) is 106 Å². The van der Waals surface area contributed by atoms with Gasteiger partial charge in [-0.05, 0) is 55.6 Å². The normalized spacial score (nSPS) is 18.3. The van der Waals surface area contributed by atoms with E-state index >= 15 is 0 Å². The van der Waals surface area contributed by atoms with Crippen LogP contribution < -0.4 is 10.6 Å². The van der Waals surface area contributed by atoms with Gasteiger partial charge in [0.1, 0.15) is 0 Å². The molecule has 3 atom stereocenters. The van der Waals surface area contributed by atoms with E-state index in [0.29, 0.717) is 41.7 Å². The molecule has 0 aromatic heterocycles. The van der Waals surface area contributed by atoms with Crippen LogP contribution in [0.15, 0.2) is 78.9 Å². The molecule has 0 saturated carbocycles. The largest absolute Gasteiger partial charge is 0.350 e. The third-order valence-corrected chi connectivity index (χ3v) is 8.52. The maximum absolute atomic E-state index is 13.9. The zero-order valence-electron chi connectivity index (χ0n) is 23.9. The highest BCUT2D eigenvalue weighted by molar-refractivity contribution is 6.42. The number of hydrogen-bond acceptors (Lipinski definition) is 4. The van der Waals surface area contributed by atoms with Gasteiger partial charge in [0.15, 0.2) is 0 Å². The number of carbonyl (C=O) groups excluding carboxylic acids is 2. The highest BCUT2D eigenvalue weighted by Gasteiger charge is 2.32. The first-order valence-corrected chi connectivity index (χ1v) is 15.1. The quantitative estimate of drug-likeness (QED) is 0.270. The molecule has 2 N–H and O–H groups in total. The molecule has 1 fully saturated rings. The van der Waals surface area contributed by atoms with Gasteiger partial charge in [-0.15, -0.1) is 0 Å². The van der Waals surface area contributed by atoms with Crippen LogP contribution in [0.25, 0.3) is 0 Å². The number of nitrogens with zero attached hydrogens (tertiary/aromatic N) is 2. The van der Waals surface area contributed by atoms with Crippen molar-refractivity contribution in [2.75, 3.05) is 33.2 Å². The average Bonchev–Trinajstić information content (AvgIpc) is 3.13. The van der Waals surface area contributed by atoms with E-state index in [-0.39, 0.29) is 29.8 Å². The van der Waals surface area contributed by atoms with Crippen LogP contribution in [0.4, 0.5) is 0 Å². The summed E-state index contributed by atoms with van der Waals surface area (Å²) in [7, 11) is 2.09. The molecule has 1 aliphatic heterocycles. The first-order valence-electron chi connectivity index (χ1n) is 14.4. The van der Waals surface area contributed by atoms with Crippen molar-refractivity contribution in [3.63, 3.8) is 0 Å². The first kappa shape index (κ1) is 31.0. The number of carbonyl (C=O) groups is 2. The third-order valence-electron chi connectivity index (χ3n) is 7.78. The van der Waals surface area contributed by atoms with Crippen LogP contribution in [0, 0.1) is 0 Å². The molecule has 1 unspecified atom stereocenters. The summed E-state index contributed by atoms with van der Waals surface area (Å²) in [6, 6.07) is 25.3. The minimum atomic E-state index is -0.337. The van der Waals surface area contributed by atoms with Crippen molar-refractivity contribution in [1.29, 1.82) is 0 Å². The predicted octanol–water partition coefficient (Wildman–Crippen LogP) is 6.00. The van der Waals surface area contributed by atoms with Crippen LogP contribution in [0.3, 0.4) is 0 Å². The van der Waals surface area contributed by atoms with Crippen LogP contribution in [0.5, 0.6) is 0 Å². The number of nitrogens with one attached hydrogen (secondary N) is 2. The predicted molar refractivity (Wildman–Crippen MR) is 168 cm³/mol. The third kappa shape index (κ3) is 9.04. The van der Waals surface area contributed by atoms with Gasteiger partial charge in [-0.1, -0.05) is 90.8 Å². The Kier molecular flexibility index (Phi) is 11.6. The lowest BCUT2D eigenvalue weighted by Crippen LogP contribution is -2.50. The number of amides is 2. The summed E-state index contributed by atoms with van der Waals surface area (Å²) >= 11 is 12.1. The summed E-state index contributed by atoms with van der Waals surface area (Å²) in [6.45, 7) is 5.49. The molecule has 0 bridgehead atoms. The van der Waals surface area contributed by atoms with Gasteiger partial charge < -0.3 is 20.4 Å². The number of halogens is 2. The van der Waals surface area contributed by atoms with Crippen LogP contribution in [-0.2, 0) is 11.3 Å². The van der Waals surface area contributed by atoms with E-state index in [1.165, 1.54) is 11.1 Å². The minimum absolute atomic E-state index is 0.0445. The lowest BCUT2D eigenvalue weighted by atomic mass is 9.95. The maximum Gasteiger partial charge on any atom is 0.251 e. The van der Waals surface area contributed by atoms with Crippen molar-refractivity contribution < 1.29 is 9.59 Å². The van der Waals surface area contributed by atoms with Crippen molar-refractivity contribution in [2.24, 2.45) is 0 Å². The molecule has 1 saturated heterocycles. The molecule has 0 aliphatic carbocycles. The van der Waals surface area contributed by atoms with E-state index in [9.17, 15) is 9.59 Å². The lowest BCUT2D eigenvalue weighted by Gasteiger charge is -2.29. The van der Waals surface area contributed by atoms with Crippen LogP contribution in [0.2, 0.25) is 10.0 Å². The molecule has 4 rings (SSSR count). The molecule has 218 valence electrons. The Labute approximate surface area is 254 Å². The van der Waals surface area contributed by atoms with Gasteiger partial charge in [0.05, 0.1) is 16.1 Å². The molecule has 1 heterocycles. The van der Waals surface area contributed by atoms with E-state index < -0.39 is 0 Å². The van der Waals surface area contributed by atoms with Crippen LogP contribution >= 0.6 is 23.2 Å². The van der Waals surface area contributed by atoms with Crippen molar-refractivity contribution >= 4 is 35.0 Å². The second-order valence-corrected chi connectivity index (χ2v) is 11.7. The molecule has 3 aromatic rings. The van der Waals surface area contributed by atoms with E-state index in [2.05, 4.69) is 65.9 Å². The summed E-state index contributed by atoms with van der Waals surface area (Å²) < 4.78 is 0. The first-order chi connectivity index (χ1) is 19.8. The smallest absolute Gasteiger partial charge is 0.251 e. The van der Waals surface area contributed by atoms with Gasteiger partial charge in [-0.25, -0.2) is 0 Å². The Morgan fingerprint density at radius 2 is 1.76 bits per heavy atom. The molecule has 1 aliphatic rings. The fraction of sp³-hybridized carbons (Fsp3) is 0.394. The molecule has 8 heteroatoms. The number of rotatable bonds is 12. The van der Waals surface area contributed by atoms with E-state index in [4.69, 9.17) is 23.2 Å². The Bertz CT molecular complexity index is 1270. The maximum atomic E-state index is 13.9. The summed E-state index contributed by atoms with van der Waals surface area (Å²) in [5.41, 5.74) is 2.95. The van der Waals surface area contributed by atoms with Gasteiger partial charge in [0.25, 0.3) is 5.91 Å². The topological polar surface area (TPSA) is 64.7 Å². The van der Waals surface area contributed by atoms with Crippen molar-refractivity contribution in [1.82, 2.24) is 20.4 Å². The summed E-state index contributed by atoms with van der Waals surface area (Å²) in [5, 5.41) is 7.37. The van der Waals surface area contributed by atoms with Gasteiger partial charge in [0, 0.05) is 50.2 Å². The zero-order valence-corrected chi connectivity index (χ0v) is 25.4. The van der Waals surface area contributed by atoms with E-state index in [0.717, 1.165) is 25.9 Å². The Morgan fingerprint density at radius 3 is 2.44 bits per heavy atom. The number of benzene rings is 3. The fourth-order valence-electron chi connectivity index (χ4n) is 5.37. The monoisotopic (exact) mass is 594 g/mol.